The average Bonchev–Trinajstić information content (AvgIpc) is 2.59. The number of ketones is 1. The molecule has 0 aromatic heterocycles. The molecule has 144 valence electrons. The fraction of sp³-hybridized carbons (Fsp3) is 0.333. The predicted molar refractivity (Wildman–Crippen MR) is 106 cm³/mol. The second-order valence-electron chi connectivity index (χ2n) is 7.26. The summed E-state index contributed by atoms with van der Waals surface area (Å²) in [6.45, 7) is 7.18. The molecule has 6 heteroatoms. The molecule has 1 unspecified atom stereocenters. The highest BCUT2D eigenvalue weighted by atomic mass is 32.2. The Hall–Kier alpha value is -2.47. The molecule has 0 spiro atoms. The summed E-state index contributed by atoms with van der Waals surface area (Å²) in [7, 11) is -1.49. The number of amides is 1. The Bertz CT molecular complexity index is 810. The maximum atomic E-state index is 12.8. The summed E-state index contributed by atoms with van der Waals surface area (Å²) in [5, 5.41) is 2.61. The molecular formula is C21H25NO4S. The molecular weight excluding hydrogens is 362 g/mol. The third-order valence-electron chi connectivity index (χ3n) is 3.67. The lowest BCUT2D eigenvalue weighted by molar-refractivity contribution is -0.118. The standard InChI is InChI=1S/C21H25NO4S/c1-15-10-12-17(13-11-15)27(25)14-18(23)19(16-8-6-5-7-9-16)22-20(24)26-21(2,3)4/h5-13,19H,14H2,1-4H3,(H,22,24)/t19-,27?/m1/s1. The van der Waals surface area contributed by atoms with E-state index in [9.17, 15) is 13.8 Å². The van der Waals surface area contributed by atoms with E-state index in [0.29, 0.717) is 10.5 Å². The van der Waals surface area contributed by atoms with E-state index in [1.807, 2.05) is 25.1 Å². The molecule has 0 bridgehead atoms. The number of carbonyl (C=O) groups is 2. The van der Waals surface area contributed by atoms with Crippen LogP contribution in [0, 0.1) is 6.92 Å². The van der Waals surface area contributed by atoms with Crippen LogP contribution in [0.2, 0.25) is 0 Å². The van der Waals surface area contributed by atoms with Crippen LogP contribution in [0.1, 0.15) is 37.9 Å². The highest BCUT2D eigenvalue weighted by Crippen LogP contribution is 2.18. The summed E-state index contributed by atoms with van der Waals surface area (Å²) in [4.78, 5) is 25.6. The van der Waals surface area contributed by atoms with Gasteiger partial charge in [-0.25, -0.2) is 4.79 Å². The number of ether oxygens (including phenoxy) is 1. The third kappa shape index (κ3) is 6.64. The first-order chi connectivity index (χ1) is 12.7. The van der Waals surface area contributed by atoms with Gasteiger partial charge in [0.05, 0.1) is 16.6 Å². The minimum Gasteiger partial charge on any atom is -0.444 e. The molecule has 0 heterocycles. The molecule has 0 aliphatic rings. The van der Waals surface area contributed by atoms with Crippen molar-refractivity contribution >= 4 is 22.7 Å². The van der Waals surface area contributed by atoms with Crippen molar-refractivity contribution in [2.24, 2.45) is 0 Å². The molecule has 0 aliphatic carbocycles. The number of alkyl carbamates (subject to hydrolysis) is 1. The van der Waals surface area contributed by atoms with Gasteiger partial charge in [-0.3, -0.25) is 9.00 Å². The van der Waals surface area contributed by atoms with Gasteiger partial charge in [-0.1, -0.05) is 48.0 Å². The number of Topliss-reactive ketones (excluding diaryl/α,β-unsaturated/α-hetero) is 1. The van der Waals surface area contributed by atoms with Gasteiger partial charge in [0.25, 0.3) is 0 Å². The molecule has 0 saturated heterocycles. The van der Waals surface area contributed by atoms with Gasteiger partial charge in [0.15, 0.2) is 5.78 Å². The van der Waals surface area contributed by atoms with Crippen LogP contribution >= 0.6 is 0 Å². The summed E-state index contributed by atoms with van der Waals surface area (Å²) in [6, 6.07) is 15.2. The maximum absolute atomic E-state index is 12.8. The Morgan fingerprint density at radius 3 is 2.19 bits per heavy atom. The zero-order valence-corrected chi connectivity index (χ0v) is 16.8. The lowest BCUT2D eigenvalue weighted by atomic mass is 10.0. The highest BCUT2D eigenvalue weighted by Gasteiger charge is 2.27. The minimum absolute atomic E-state index is 0.196. The Balaban J connectivity index is 2.17. The Kier molecular flexibility index (Phi) is 6.91. The predicted octanol–water partition coefficient (Wildman–Crippen LogP) is 3.94. The maximum Gasteiger partial charge on any atom is 0.408 e. The second-order valence-corrected chi connectivity index (χ2v) is 8.71. The number of benzene rings is 2. The lowest BCUT2D eigenvalue weighted by Gasteiger charge is -2.23. The van der Waals surface area contributed by atoms with Crippen LogP contribution < -0.4 is 5.32 Å². The van der Waals surface area contributed by atoms with E-state index in [2.05, 4.69) is 5.32 Å². The Morgan fingerprint density at radius 2 is 1.63 bits per heavy atom. The van der Waals surface area contributed by atoms with Crippen LogP contribution in [-0.2, 0) is 20.3 Å². The first-order valence-electron chi connectivity index (χ1n) is 8.68. The summed E-state index contributed by atoms with van der Waals surface area (Å²) in [5.41, 5.74) is 0.990. The molecule has 2 aromatic rings. The number of nitrogens with one attached hydrogen (secondary N) is 1. The van der Waals surface area contributed by atoms with Gasteiger partial charge in [0.1, 0.15) is 11.6 Å². The van der Waals surface area contributed by atoms with Crippen molar-refractivity contribution in [1.82, 2.24) is 5.32 Å². The number of aryl methyl sites for hydroxylation is 1. The second kappa shape index (κ2) is 8.95. The summed E-state index contributed by atoms with van der Waals surface area (Å²) < 4.78 is 17.8. The van der Waals surface area contributed by atoms with Crippen LogP contribution in [-0.4, -0.2) is 27.4 Å². The molecule has 0 radical (unpaired) electrons. The smallest absolute Gasteiger partial charge is 0.408 e. The molecule has 0 aliphatic heterocycles. The van der Waals surface area contributed by atoms with E-state index < -0.39 is 28.5 Å². The van der Waals surface area contributed by atoms with Crippen LogP contribution in [0.4, 0.5) is 4.79 Å². The molecule has 0 saturated carbocycles. The summed E-state index contributed by atoms with van der Waals surface area (Å²) in [6.07, 6.45) is -0.689. The lowest BCUT2D eigenvalue weighted by Crippen LogP contribution is -2.39. The quantitative estimate of drug-likeness (QED) is 0.815. The van der Waals surface area contributed by atoms with Gasteiger partial charge in [-0.2, -0.15) is 0 Å². The number of carbonyl (C=O) groups excluding carboxylic acids is 2. The van der Waals surface area contributed by atoms with Crippen molar-refractivity contribution in [2.75, 3.05) is 5.75 Å². The fourth-order valence-corrected chi connectivity index (χ4v) is 3.44. The molecule has 0 fully saturated rings. The summed E-state index contributed by atoms with van der Waals surface area (Å²) >= 11 is 0. The zero-order chi connectivity index (χ0) is 20.0. The van der Waals surface area contributed by atoms with Crippen LogP contribution in [0.3, 0.4) is 0 Å². The zero-order valence-electron chi connectivity index (χ0n) is 16.0. The van der Waals surface area contributed by atoms with Crippen molar-refractivity contribution < 1.29 is 18.5 Å². The number of hydrogen-bond acceptors (Lipinski definition) is 4. The van der Waals surface area contributed by atoms with Crippen LogP contribution in [0.5, 0.6) is 0 Å². The third-order valence-corrected chi connectivity index (χ3v) is 5.02. The van der Waals surface area contributed by atoms with Gasteiger partial charge in [-0.15, -0.1) is 0 Å². The van der Waals surface area contributed by atoms with E-state index in [1.54, 1.807) is 57.2 Å². The van der Waals surface area contributed by atoms with Crippen molar-refractivity contribution in [2.45, 2.75) is 44.2 Å². The van der Waals surface area contributed by atoms with Gasteiger partial charge in [-0.05, 0) is 45.4 Å². The Labute approximate surface area is 162 Å². The fourth-order valence-electron chi connectivity index (χ4n) is 2.41. The van der Waals surface area contributed by atoms with Crippen molar-refractivity contribution in [1.29, 1.82) is 0 Å². The monoisotopic (exact) mass is 387 g/mol. The highest BCUT2D eigenvalue weighted by molar-refractivity contribution is 7.85. The van der Waals surface area contributed by atoms with Crippen molar-refractivity contribution in [3.8, 4) is 0 Å². The van der Waals surface area contributed by atoms with Gasteiger partial charge in [0, 0.05) is 4.90 Å². The SMILES string of the molecule is Cc1ccc(S(=O)CC(=O)[C@H](NC(=O)OC(C)(C)C)c2ccccc2)cc1. The number of hydrogen-bond donors (Lipinski definition) is 1. The normalized spacial score (nSPS) is 13.5. The number of rotatable bonds is 6. The van der Waals surface area contributed by atoms with E-state index in [-0.39, 0.29) is 11.5 Å². The van der Waals surface area contributed by atoms with Gasteiger partial charge < -0.3 is 10.1 Å². The minimum atomic E-state index is -1.49. The van der Waals surface area contributed by atoms with Gasteiger partial charge >= 0.3 is 6.09 Å². The summed E-state index contributed by atoms with van der Waals surface area (Å²) in [5.74, 6) is -0.538. The largest absolute Gasteiger partial charge is 0.444 e. The van der Waals surface area contributed by atoms with Crippen molar-refractivity contribution in [3.63, 3.8) is 0 Å². The molecule has 1 amide bonds. The average molecular weight is 388 g/mol. The van der Waals surface area contributed by atoms with Crippen molar-refractivity contribution in [3.05, 3.63) is 65.7 Å². The molecule has 1 N–H and O–H groups in total. The molecule has 2 aromatic carbocycles. The molecule has 27 heavy (non-hydrogen) atoms. The first kappa shape index (κ1) is 20.8. The molecule has 2 rings (SSSR count). The topological polar surface area (TPSA) is 72.5 Å². The molecule has 2 atom stereocenters. The van der Waals surface area contributed by atoms with Crippen LogP contribution in [0.15, 0.2) is 59.5 Å². The van der Waals surface area contributed by atoms with E-state index in [1.165, 1.54) is 0 Å². The van der Waals surface area contributed by atoms with E-state index in [4.69, 9.17) is 4.74 Å². The van der Waals surface area contributed by atoms with E-state index in [0.717, 1.165) is 5.56 Å². The first-order valence-corrected chi connectivity index (χ1v) is 10.00. The van der Waals surface area contributed by atoms with Gasteiger partial charge in [0.2, 0.25) is 0 Å². The molecule has 5 nitrogen and oxygen atoms in total. The van der Waals surface area contributed by atoms with Crippen LogP contribution in [0.25, 0.3) is 0 Å². The Morgan fingerprint density at radius 1 is 1.04 bits per heavy atom. The van der Waals surface area contributed by atoms with E-state index >= 15 is 0 Å².